The van der Waals surface area contributed by atoms with Gasteiger partial charge in [-0.1, -0.05) is 80.6 Å². The lowest BCUT2D eigenvalue weighted by atomic mass is 10.1. The van der Waals surface area contributed by atoms with Crippen LogP contribution in [0.15, 0.2) is 84.3 Å². The van der Waals surface area contributed by atoms with Crippen molar-refractivity contribution in [2.24, 2.45) is 0 Å². The van der Waals surface area contributed by atoms with Gasteiger partial charge in [-0.15, -0.1) is 5.73 Å². The summed E-state index contributed by atoms with van der Waals surface area (Å²) in [7, 11) is -0.352. The standard InChI is InChI=1S/C22H21P/c1-18(2)23(16-8-11-19-9-4-3-5-10-19)22-15-14-20-12-6-7-13-21(20)17-22/h3-7,9-18H,1-2H3. The van der Waals surface area contributed by atoms with Crippen LogP contribution >= 0.6 is 7.92 Å². The Bertz CT molecular complexity index is 840. The van der Waals surface area contributed by atoms with Gasteiger partial charge in [-0.2, -0.15) is 0 Å². The van der Waals surface area contributed by atoms with Crippen molar-refractivity contribution < 1.29 is 0 Å². The summed E-state index contributed by atoms with van der Waals surface area (Å²) in [5.41, 5.74) is 5.20. The maximum atomic E-state index is 3.41. The van der Waals surface area contributed by atoms with E-state index in [9.17, 15) is 0 Å². The third-order valence-electron chi connectivity index (χ3n) is 3.85. The molecule has 0 nitrogen and oxygen atoms in total. The van der Waals surface area contributed by atoms with Crippen LogP contribution < -0.4 is 5.30 Å². The Hall–Kier alpha value is -2.13. The summed E-state index contributed by atoms with van der Waals surface area (Å²) in [5.74, 6) is 2.26. The molecule has 0 bridgehead atoms. The molecule has 0 amide bonds. The molecule has 1 atom stereocenters. The molecule has 0 aromatic heterocycles. The molecule has 0 heterocycles. The van der Waals surface area contributed by atoms with Crippen molar-refractivity contribution in [3.63, 3.8) is 0 Å². The lowest BCUT2D eigenvalue weighted by Gasteiger charge is -2.17. The highest BCUT2D eigenvalue weighted by atomic mass is 31.1. The second-order valence-electron chi connectivity index (χ2n) is 5.88. The number of benzene rings is 3. The predicted octanol–water partition coefficient (Wildman–Crippen LogP) is 6.18. The van der Waals surface area contributed by atoms with Gasteiger partial charge in [0.25, 0.3) is 0 Å². The molecule has 0 aliphatic rings. The van der Waals surface area contributed by atoms with Crippen molar-refractivity contribution in [1.82, 2.24) is 0 Å². The van der Waals surface area contributed by atoms with E-state index in [0.717, 1.165) is 0 Å². The molecule has 114 valence electrons. The number of hydrogen-bond donors (Lipinski definition) is 0. The Morgan fingerprint density at radius 2 is 1.52 bits per heavy atom. The zero-order valence-corrected chi connectivity index (χ0v) is 14.5. The monoisotopic (exact) mass is 316 g/mol. The molecule has 3 aromatic rings. The van der Waals surface area contributed by atoms with Crippen LogP contribution in [0.1, 0.15) is 19.4 Å². The second kappa shape index (κ2) is 7.42. The zero-order chi connectivity index (χ0) is 16.1. The van der Waals surface area contributed by atoms with Gasteiger partial charge in [0.15, 0.2) is 0 Å². The molecular formula is C22H21P. The van der Waals surface area contributed by atoms with Crippen molar-refractivity contribution in [2.75, 3.05) is 0 Å². The number of hydrogen-bond acceptors (Lipinski definition) is 0. The Labute approximate surface area is 139 Å². The summed E-state index contributed by atoms with van der Waals surface area (Å²) in [6.45, 7) is 4.59. The van der Waals surface area contributed by atoms with Crippen molar-refractivity contribution >= 4 is 30.1 Å². The summed E-state index contributed by atoms with van der Waals surface area (Å²) < 4.78 is 0. The third-order valence-corrected chi connectivity index (χ3v) is 6.27. The van der Waals surface area contributed by atoms with E-state index in [4.69, 9.17) is 0 Å². The van der Waals surface area contributed by atoms with Gasteiger partial charge in [-0.3, -0.25) is 0 Å². The highest BCUT2D eigenvalue weighted by molar-refractivity contribution is 7.69. The Kier molecular flexibility index (Phi) is 5.09. The smallest absolute Gasteiger partial charge is 0.0127 e. The fourth-order valence-electron chi connectivity index (χ4n) is 2.62. The van der Waals surface area contributed by atoms with Crippen LogP contribution in [-0.4, -0.2) is 5.66 Å². The van der Waals surface area contributed by atoms with E-state index in [0.29, 0.717) is 5.66 Å². The highest BCUT2D eigenvalue weighted by Crippen LogP contribution is 2.41. The normalized spacial score (nSPS) is 12.0. The first-order valence-corrected chi connectivity index (χ1v) is 9.47. The minimum Gasteiger partial charge on any atom is -0.119 e. The first kappa shape index (κ1) is 15.8. The third kappa shape index (κ3) is 3.99. The minimum atomic E-state index is -0.352. The van der Waals surface area contributed by atoms with Gasteiger partial charge < -0.3 is 0 Å². The van der Waals surface area contributed by atoms with Crippen LogP contribution in [0.3, 0.4) is 0 Å². The van der Waals surface area contributed by atoms with Gasteiger partial charge in [-0.05, 0) is 53.2 Å². The van der Waals surface area contributed by atoms with Gasteiger partial charge >= 0.3 is 0 Å². The van der Waals surface area contributed by atoms with Crippen molar-refractivity contribution in [2.45, 2.75) is 19.5 Å². The van der Waals surface area contributed by atoms with Crippen LogP contribution in [-0.2, 0) is 0 Å². The Morgan fingerprint density at radius 3 is 2.26 bits per heavy atom. The average Bonchev–Trinajstić information content (AvgIpc) is 2.59. The SMILES string of the molecule is CC(C)P(C=C=Cc1ccccc1)c1ccc2ccccc2c1. The first-order valence-electron chi connectivity index (χ1n) is 7.99. The van der Waals surface area contributed by atoms with E-state index in [-0.39, 0.29) is 7.92 Å². The Morgan fingerprint density at radius 1 is 0.826 bits per heavy atom. The molecule has 0 saturated carbocycles. The molecule has 0 N–H and O–H groups in total. The molecule has 0 spiro atoms. The van der Waals surface area contributed by atoms with Gasteiger partial charge in [0.1, 0.15) is 0 Å². The summed E-state index contributed by atoms with van der Waals surface area (Å²) in [6, 6.07) is 25.8. The molecule has 1 heteroatoms. The lowest BCUT2D eigenvalue weighted by molar-refractivity contribution is 1.10. The fraction of sp³-hybridized carbons (Fsp3) is 0.136. The quantitative estimate of drug-likeness (QED) is 0.398. The van der Waals surface area contributed by atoms with Gasteiger partial charge in [0.2, 0.25) is 0 Å². The average molecular weight is 316 g/mol. The summed E-state index contributed by atoms with van der Waals surface area (Å²) in [6.07, 6.45) is 2.07. The molecule has 0 radical (unpaired) electrons. The van der Waals surface area contributed by atoms with Crippen molar-refractivity contribution in [1.29, 1.82) is 0 Å². The molecular weight excluding hydrogens is 295 g/mol. The van der Waals surface area contributed by atoms with Gasteiger partial charge in [0, 0.05) is 0 Å². The molecule has 0 fully saturated rings. The second-order valence-corrected chi connectivity index (χ2v) is 8.51. The van der Waals surface area contributed by atoms with E-state index in [1.807, 2.05) is 6.07 Å². The van der Waals surface area contributed by atoms with Crippen LogP contribution in [0.2, 0.25) is 0 Å². The van der Waals surface area contributed by atoms with E-state index in [1.165, 1.54) is 21.6 Å². The zero-order valence-electron chi connectivity index (χ0n) is 13.6. The van der Waals surface area contributed by atoms with Crippen LogP contribution in [0.25, 0.3) is 16.8 Å². The topological polar surface area (TPSA) is 0 Å². The molecule has 23 heavy (non-hydrogen) atoms. The predicted molar refractivity (Wildman–Crippen MR) is 105 cm³/mol. The van der Waals surface area contributed by atoms with Crippen molar-refractivity contribution in [3.8, 4) is 0 Å². The molecule has 1 unspecified atom stereocenters. The fourth-order valence-corrected chi connectivity index (χ4v) is 4.44. The molecule has 0 aliphatic carbocycles. The summed E-state index contributed by atoms with van der Waals surface area (Å²) in [5, 5.41) is 4.04. The maximum absolute atomic E-state index is 3.41. The highest BCUT2D eigenvalue weighted by Gasteiger charge is 2.12. The van der Waals surface area contributed by atoms with E-state index >= 15 is 0 Å². The number of fused-ring (bicyclic) bond motifs is 1. The van der Waals surface area contributed by atoms with Crippen LogP contribution in [0.4, 0.5) is 0 Å². The summed E-state index contributed by atoms with van der Waals surface area (Å²) >= 11 is 0. The lowest BCUT2D eigenvalue weighted by Crippen LogP contribution is -2.05. The molecule has 0 aliphatic heterocycles. The molecule has 0 saturated heterocycles. The van der Waals surface area contributed by atoms with E-state index in [1.54, 1.807) is 0 Å². The van der Waals surface area contributed by atoms with E-state index in [2.05, 4.69) is 98.2 Å². The Balaban J connectivity index is 1.92. The maximum Gasteiger partial charge on any atom is -0.0127 e. The minimum absolute atomic E-state index is 0.352. The van der Waals surface area contributed by atoms with Crippen LogP contribution in [0, 0.1) is 0 Å². The van der Waals surface area contributed by atoms with Gasteiger partial charge in [-0.25, -0.2) is 0 Å². The number of rotatable bonds is 4. The molecule has 3 aromatic carbocycles. The van der Waals surface area contributed by atoms with Crippen LogP contribution in [0.5, 0.6) is 0 Å². The van der Waals surface area contributed by atoms with Crippen molar-refractivity contribution in [3.05, 3.63) is 89.9 Å². The first-order chi connectivity index (χ1) is 11.2. The largest absolute Gasteiger partial charge is 0.119 e. The van der Waals surface area contributed by atoms with Gasteiger partial charge in [0.05, 0.1) is 0 Å². The molecule has 3 rings (SSSR count). The summed E-state index contributed by atoms with van der Waals surface area (Å²) in [4.78, 5) is 0. The van der Waals surface area contributed by atoms with E-state index < -0.39 is 0 Å².